The van der Waals surface area contributed by atoms with Crippen LogP contribution in [0.25, 0.3) is 0 Å². The van der Waals surface area contributed by atoms with Crippen LogP contribution in [0.5, 0.6) is 0 Å². The Balaban J connectivity index is 1.66. The standard InChI is InChI=1S/C20H30O2/c1-19-10-8-14(22-3)12-13(19)4-5-15-16-6-7-18(21)20(16,2)11-9-17(15)19/h8,10,12,14-18,21H,4-7,9,11H2,1-3H3/t14?,15-,16-,17-,18-,19-,20-/m0/s1. The number of aliphatic hydroxyl groups excluding tert-OH is 1. The van der Waals surface area contributed by atoms with Crippen molar-refractivity contribution in [1.82, 2.24) is 0 Å². The zero-order chi connectivity index (χ0) is 15.5. The molecule has 3 saturated carbocycles. The smallest absolute Gasteiger partial charge is 0.0936 e. The SMILES string of the molecule is COC1C=C[C@@]2(C)C(=C1)CC[C@H]1[C@@H]3CC[C@H](O)[C@@]3(C)CC[C@@H]12. The van der Waals surface area contributed by atoms with E-state index in [-0.39, 0.29) is 23.0 Å². The maximum atomic E-state index is 10.5. The number of ether oxygens (including phenoxy) is 1. The number of rotatable bonds is 1. The van der Waals surface area contributed by atoms with E-state index in [2.05, 4.69) is 32.1 Å². The molecule has 0 aromatic carbocycles. The third-order valence-corrected chi connectivity index (χ3v) is 7.87. The molecular weight excluding hydrogens is 272 g/mol. The summed E-state index contributed by atoms with van der Waals surface area (Å²) in [5.41, 5.74) is 2.02. The molecule has 0 aromatic heterocycles. The predicted octanol–water partition coefficient (Wildman–Crippen LogP) is 4.10. The summed E-state index contributed by atoms with van der Waals surface area (Å²) in [6, 6.07) is 0. The number of aliphatic hydroxyl groups is 1. The van der Waals surface area contributed by atoms with E-state index in [1.165, 1.54) is 32.1 Å². The van der Waals surface area contributed by atoms with Crippen molar-refractivity contribution in [2.24, 2.45) is 28.6 Å². The van der Waals surface area contributed by atoms with Gasteiger partial charge in [-0.3, -0.25) is 0 Å². The van der Waals surface area contributed by atoms with Gasteiger partial charge < -0.3 is 9.84 Å². The molecule has 3 fully saturated rings. The van der Waals surface area contributed by atoms with Crippen LogP contribution in [0, 0.1) is 28.6 Å². The lowest BCUT2D eigenvalue weighted by atomic mass is 9.48. The van der Waals surface area contributed by atoms with Gasteiger partial charge in [-0.1, -0.05) is 37.6 Å². The first-order valence-corrected chi connectivity index (χ1v) is 9.10. The van der Waals surface area contributed by atoms with Gasteiger partial charge in [0, 0.05) is 12.5 Å². The molecule has 4 rings (SSSR count). The lowest BCUT2D eigenvalue weighted by molar-refractivity contribution is -0.0621. The first kappa shape index (κ1) is 15.0. The Labute approximate surface area is 134 Å². The van der Waals surface area contributed by atoms with Gasteiger partial charge >= 0.3 is 0 Å². The van der Waals surface area contributed by atoms with Crippen LogP contribution in [-0.4, -0.2) is 24.4 Å². The zero-order valence-corrected chi connectivity index (χ0v) is 14.2. The van der Waals surface area contributed by atoms with Crippen LogP contribution in [-0.2, 0) is 4.74 Å². The van der Waals surface area contributed by atoms with E-state index in [1.54, 1.807) is 12.7 Å². The monoisotopic (exact) mass is 302 g/mol. The Kier molecular flexibility index (Phi) is 3.36. The Morgan fingerprint density at radius 3 is 2.73 bits per heavy atom. The molecule has 4 aliphatic carbocycles. The van der Waals surface area contributed by atoms with Crippen LogP contribution in [0.4, 0.5) is 0 Å². The van der Waals surface area contributed by atoms with E-state index in [0.29, 0.717) is 0 Å². The summed E-state index contributed by atoms with van der Waals surface area (Å²) >= 11 is 0. The molecule has 122 valence electrons. The predicted molar refractivity (Wildman–Crippen MR) is 88.4 cm³/mol. The highest BCUT2D eigenvalue weighted by molar-refractivity contribution is 5.33. The average Bonchev–Trinajstić information content (AvgIpc) is 2.82. The zero-order valence-electron chi connectivity index (χ0n) is 14.2. The molecule has 22 heavy (non-hydrogen) atoms. The average molecular weight is 302 g/mol. The summed E-state index contributed by atoms with van der Waals surface area (Å²) < 4.78 is 5.52. The quantitative estimate of drug-likeness (QED) is 0.739. The largest absolute Gasteiger partial charge is 0.393 e. The van der Waals surface area contributed by atoms with Crippen LogP contribution < -0.4 is 0 Å². The van der Waals surface area contributed by atoms with Gasteiger partial charge in [-0.2, -0.15) is 0 Å². The molecule has 0 aliphatic heterocycles. The van der Waals surface area contributed by atoms with Crippen LogP contribution in [0.1, 0.15) is 52.4 Å². The summed E-state index contributed by atoms with van der Waals surface area (Å²) in [6.07, 6.45) is 14.4. The Morgan fingerprint density at radius 2 is 1.95 bits per heavy atom. The fourth-order valence-electron chi connectivity index (χ4n) is 6.43. The molecule has 2 nitrogen and oxygen atoms in total. The van der Waals surface area contributed by atoms with Crippen molar-refractivity contribution in [3.05, 3.63) is 23.8 Å². The molecule has 0 radical (unpaired) electrons. The molecule has 2 heteroatoms. The minimum Gasteiger partial charge on any atom is -0.393 e. The second-order valence-corrected chi connectivity index (χ2v) is 8.59. The first-order valence-electron chi connectivity index (χ1n) is 9.10. The summed E-state index contributed by atoms with van der Waals surface area (Å²) in [6.45, 7) is 4.81. The van der Waals surface area contributed by atoms with Crippen molar-refractivity contribution in [3.8, 4) is 0 Å². The second-order valence-electron chi connectivity index (χ2n) is 8.59. The highest BCUT2D eigenvalue weighted by atomic mass is 16.5. The van der Waals surface area contributed by atoms with Gasteiger partial charge in [0.25, 0.3) is 0 Å². The van der Waals surface area contributed by atoms with E-state index in [9.17, 15) is 5.11 Å². The van der Waals surface area contributed by atoms with Crippen molar-refractivity contribution < 1.29 is 9.84 Å². The number of methoxy groups -OCH3 is 1. The fourth-order valence-corrected chi connectivity index (χ4v) is 6.43. The molecule has 1 unspecified atom stereocenters. The molecule has 0 spiro atoms. The lowest BCUT2D eigenvalue weighted by Gasteiger charge is -2.56. The van der Waals surface area contributed by atoms with Gasteiger partial charge in [0.1, 0.15) is 0 Å². The van der Waals surface area contributed by atoms with Crippen molar-refractivity contribution >= 4 is 0 Å². The van der Waals surface area contributed by atoms with Crippen molar-refractivity contribution in [3.63, 3.8) is 0 Å². The van der Waals surface area contributed by atoms with Crippen LogP contribution >= 0.6 is 0 Å². The van der Waals surface area contributed by atoms with E-state index in [4.69, 9.17) is 4.74 Å². The summed E-state index contributed by atoms with van der Waals surface area (Å²) in [5, 5.41) is 10.5. The van der Waals surface area contributed by atoms with Crippen molar-refractivity contribution in [1.29, 1.82) is 0 Å². The molecule has 0 saturated heterocycles. The van der Waals surface area contributed by atoms with E-state index in [0.717, 1.165) is 24.2 Å². The Bertz CT molecular complexity index is 522. The molecule has 7 atom stereocenters. The summed E-state index contributed by atoms with van der Waals surface area (Å²) in [4.78, 5) is 0. The normalized spacial score (nSPS) is 53.5. The highest BCUT2D eigenvalue weighted by Gasteiger charge is 2.58. The van der Waals surface area contributed by atoms with Crippen molar-refractivity contribution in [2.75, 3.05) is 7.11 Å². The van der Waals surface area contributed by atoms with Gasteiger partial charge in [0.2, 0.25) is 0 Å². The minimum absolute atomic E-state index is 0.0667. The highest BCUT2D eigenvalue weighted by Crippen LogP contribution is 2.64. The summed E-state index contributed by atoms with van der Waals surface area (Å²) in [5.74, 6) is 2.28. The molecule has 0 aromatic rings. The van der Waals surface area contributed by atoms with Gasteiger partial charge in [-0.25, -0.2) is 0 Å². The number of hydrogen-bond acceptors (Lipinski definition) is 2. The number of fused-ring (bicyclic) bond motifs is 5. The van der Waals surface area contributed by atoms with E-state index >= 15 is 0 Å². The van der Waals surface area contributed by atoms with Gasteiger partial charge in [-0.05, 0) is 61.7 Å². The van der Waals surface area contributed by atoms with E-state index < -0.39 is 0 Å². The molecule has 1 N–H and O–H groups in total. The minimum atomic E-state index is -0.0667. The lowest BCUT2D eigenvalue weighted by Crippen LogP contribution is -2.50. The van der Waals surface area contributed by atoms with Gasteiger partial charge in [-0.15, -0.1) is 0 Å². The Hall–Kier alpha value is -0.600. The molecule has 0 bridgehead atoms. The summed E-state index contributed by atoms with van der Waals surface area (Å²) in [7, 11) is 1.80. The van der Waals surface area contributed by atoms with Crippen LogP contribution in [0.15, 0.2) is 23.8 Å². The number of allylic oxidation sites excluding steroid dienone is 2. The van der Waals surface area contributed by atoms with Crippen LogP contribution in [0.2, 0.25) is 0 Å². The molecule has 4 aliphatic rings. The Morgan fingerprint density at radius 1 is 1.14 bits per heavy atom. The third-order valence-electron chi connectivity index (χ3n) is 7.87. The van der Waals surface area contributed by atoms with Crippen LogP contribution in [0.3, 0.4) is 0 Å². The molecule has 0 amide bonds. The topological polar surface area (TPSA) is 29.5 Å². The van der Waals surface area contributed by atoms with Gasteiger partial charge in [0.05, 0.1) is 12.2 Å². The van der Waals surface area contributed by atoms with E-state index in [1.807, 2.05) is 0 Å². The van der Waals surface area contributed by atoms with Gasteiger partial charge in [0.15, 0.2) is 0 Å². The molecule has 0 heterocycles. The number of hydrogen-bond donors (Lipinski definition) is 1. The first-order chi connectivity index (χ1) is 10.5. The molecular formula is C20H30O2. The maximum Gasteiger partial charge on any atom is 0.0936 e. The maximum absolute atomic E-state index is 10.5. The fraction of sp³-hybridized carbons (Fsp3) is 0.800. The third kappa shape index (κ3) is 1.86. The van der Waals surface area contributed by atoms with Crippen molar-refractivity contribution in [2.45, 2.75) is 64.6 Å². The second kappa shape index (κ2) is 4.95.